The first-order valence-electron chi connectivity index (χ1n) is 6.13. The van der Waals surface area contributed by atoms with Gasteiger partial charge in [-0.1, -0.05) is 48.2 Å². The Kier molecular flexibility index (Phi) is 11.7. The van der Waals surface area contributed by atoms with Gasteiger partial charge in [0.1, 0.15) is 24.7 Å². The van der Waals surface area contributed by atoms with E-state index in [0.717, 1.165) is 0 Å². The number of benzene rings is 2. The molecule has 0 aromatic heterocycles. The van der Waals surface area contributed by atoms with Crippen molar-refractivity contribution in [1.82, 2.24) is 0 Å². The third-order valence-corrected chi connectivity index (χ3v) is 1.88. The van der Waals surface area contributed by atoms with Crippen LogP contribution in [0.5, 0.6) is 11.5 Å². The minimum Gasteiger partial charge on any atom is -0.508 e. The number of phenols is 2. The van der Waals surface area contributed by atoms with Crippen LogP contribution >= 0.6 is 0 Å². The van der Waals surface area contributed by atoms with Gasteiger partial charge >= 0.3 is 0 Å². The molecule has 2 aromatic rings. The maximum Gasteiger partial charge on any atom is 0.115 e. The van der Waals surface area contributed by atoms with Crippen LogP contribution in [0.3, 0.4) is 0 Å². The van der Waals surface area contributed by atoms with E-state index in [4.69, 9.17) is 23.1 Å². The van der Waals surface area contributed by atoms with Crippen molar-refractivity contribution in [3.8, 4) is 36.2 Å². The van der Waals surface area contributed by atoms with E-state index in [0.29, 0.717) is 24.7 Å². The van der Waals surface area contributed by atoms with Crippen molar-refractivity contribution in [1.29, 1.82) is 0 Å². The highest BCUT2D eigenvalue weighted by Gasteiger charge is 1.75. The average molecular weight is 282 g/mol. The molecule has 21 heavy (non-hydrogen) atoms. The topological polar surface area (TPSA) is 49.7 Å². The summed E-state index contributed by atoms with van der Waals surface area (Å²) in [6, 6.07) is 17.4. The molecule has 2 aromatic carbocycles. The van der Waals surface area contributed by atoms with Gasteiger partial charge in [-0.2, -0.15) is 0 Å². The van der Waals surface area contributed by atoms with E-state index >= 15 is 0 Å². The molecule has 0 heterocycles. The molecule has 0 radical (unpaired) electrons. The Bertz CT molecular complexity index is 485. The minimum absolute atomic E-state index is 0.310. The zero-order valence-corrected chi connectivity index (χ0v) is 11.6. The Balaban J connectivity index is 0.000000286. The van der Waals surface area contributed by atoms with E-state index in [1.54, 1.807) is 48.5 Å². The first-order valence-corrected chi connectivity index (χ1v) is 6.13. The summed E-state index contributed by atoms with van der Waals surface area (Å²) in [5.74, 6) is 5.21. The first kappa shape index (κ1) is 18.1. The van der Waals surface area contributed by atoms with Crippen LogP contribution < -0.4 is 0 Å². The van der Waals surface area contributed by atoms with Gasteiger partial charge in [-0.05, 0) is 24.3 Å². The quantitative estimate of drug-likeness (QED) is 0.657. The molecule has 0 aliphatic carbocycles. The fraction of sp³-hybridized carbons (Fsp3) is 0.111. The van der Waals surface area contributed by atoms with E-state index in [1.165, 1.54) is 0 Å². The van der Waals surface area contributed by atoms with Crippen molar-refractivity contribution in [2.24, 2.45) is 0 Å². The van der Waals surface area contributed by atoms with Crippen molar-refractivity contribution in [3.05, 3.63) is 60.7 Å². The fourth-order valence-electron chi connectivity index (χ4n) is 1.02. The van der Waals surface area contributed by atoms with Gasteiger partial charge in [-0.3, -0.25) is 0 Å². The van der Waals surface area contributed by atoms with Crippen LogP contribution in [0, 0.1) is 24.7 Å². The van der Waals surface area contributed by atoms with Crippen LogP contribution in [0.4, 0.5) is 0 Å². The summed E-state index contributed by atoms with van der Waals surface area (Å²) >= 11 is 0. The maximum absolute atomic E-state index is 8.63. The van der Waals surface area contributed by atoms with Crippen LogP contribution in [0.15, 0.2) is 60.7 Å². The lowest BCUT2D eigenvalue weighted by molar-refractivity contribution is 0.205. The van der Waals surface area contributed by atoms with Crippen LogP contribution in [0.2, 0.25) is 0 Å². The third kappa shape index (κ3) is 13.4. The van der Waals surface area contributed by atoms with E-state index < -0.39 is 0 Å². The minimum atomic E-state index is 0.310. The molecule has 0 aliphatic heterocycles. The second-order valence-corrected chi connectivity index (χ2v) is 3.57. The molecule has 0 amide bonds. The summed E-state index contributed by atoms with van der Waals surface area (Å²) in [7, 11) is 0. The maximum atomic E-state index is 8.63. The van der Waals surface area contributed by atoms with Gasteiger partial charge in [0.25, 0.3) is 0 Å². The zero-order chi connectivity index (χ0) is 15.8. The molecular formula is C18H18O3. The molecule has 0 bridgehead atoms. The molecule has 0 fully saturated rings. The SMILES string of the molecule is C#CCOCC#C.Oc1ccccc1.Oc1ccccc1. The van der Waals surface area contributed by atoms with Gasteiger partial charge in [0.2, 0.25) is 0 Å². The van der Waals surface area contributed by atoms with Crippen LogP contribution in [0.25, 0.3) is 0 Å². The lowest BCUT2D eigenvalue weighted by atomic mass is 10.3. The molecular weight excluding hydrogens is 264 g/mol. The number of terminal acetylenes is 2. The monoisotopic (exact) mass is 282 g/mol. The van der Waals surface area contributed by atoms with E-state index in [9.17, 15) is 0 Å². The van der Waals surface area contributed by atoms with E-state index in [2.05, 4.69) is 16.6 Å². The van der Waals surface area contributed by atoms with Crippen molar-refractivity contribution in [3.63, 3.8) is 0 Å². The molecule has 0 unspecified atom stereocenters. The third-order valence-electron chi connectivity index (χ3n) is 1.88. The highest BCUT2D eigenvalue weighted by Crippen LogP contribution is 2.03. The largest absolute Gasteiger partial charge is 0.508 e. The van der Waals surface area contributed by atoms with Gasteiger partial charge in [0.15, 0.2) is 0 Å². The molecule has 3 nitrogen and oxygen atoms in total. The first-order chi connectivity index (χ1) is 10.2. The average Bonchev–Trinajstić information content (AvgIpc) is 2.51. The molecule has 2 N–H and O–H groups in total. The Morgan fingerprint density at radius 1 is 0.714 bits per heavy atom. The summed E-state index contributed by atoms with van der Waals surface area (Å²) < 4.78 is 4.66. The number of ether oxygens (including phenoxy) is 1. The molecule has 2 rings (SSSR count). The molecule has 0 saturated carbocycles. The highest BCUT2D eigenvalue weighted by atomic mass is 16.5. The van der Waals surface area contributed by atoms with Crippen molar-refractivity contribution in [2.75, 3.05) is 13.2 Å². The van der Waals surface area contributed by atoms with E-state index in [-0.39, 0.29) is 0 Å². The summed E-state index contributed by atoms with van der Waals surface area (Å²) in [6.45, 7) is 0.619. The van der Waals surface area contributed by atoms with E-state index in [1.807, 2.05) is 12.1 Å². The second kappa shape index (κ2) is 13.5. The van der Waals surface area contributed by atoms with Crippen molar-refractivity contribution < 1.29 is 14.9 Å². The smallest absolute Gasteiger partial charge is 0.115 e. The molecule has 0 spiro atoms. The Hall–Kier alpha value is -2.88. The second-order valence-electron chi connectivity index (χ2n) is 3.57. The molecule has 0 aliphatic rings. The lowest BCUT2D eigenvalue weighted by Crippen LogP contribution is -1.89. The van der Waals surface area contributed by atoms with Gasteiger partial charge < -0.3 is 14.9 Å². The predicted molar refractivity (Wildman–Crippen MR) is 84.7 cm³/mol. The van der Waals surface area contributed by atoms with Crippen LogP contribution in [0.1, 0.15) is 0 Å². The van der Waals surface area contributed by atoms with Crippen molar-refractivity contribution >= 4 is 0 Å². The Labute approximate surface area is 125 Å². The number of aromatic hydroxyl groups is 2. The number of phenolic OH excluding ortho intramolecular Hbond substituents is 2. The van der Waals surface area contributed by atoms with Gasteiger partial charge in [-0.25, -0.2) is 0 Å². The highest BCUT2D eigenvalue weighted by molar-refractivity contribution is 5.19. The number of para-hydroxylation sites is 2. The van der Waals surface area contributed by atoms with Gasteiger partial charge in [0, 0.05) is 0 Å². The summed E-state index contributed by atoms with van der Waals surface area (Å²) in [4.78, 5) is 0. The number of hydrogen-bond donors (Lipinski definition) is 2. The van der Waals surface area contributed by atoms with Crippen LogP contribution in [-0.4, -0.2) is 23.4 Å². The van der Waals surface area contributed by atoms with Crippen molar-refractivity contribution in [2.45, 2.75) is 0 Å². The standard InChI is InChI=1S/3C6H6O/c2*7-6-4-2-1-3-5-6;1-3-5-7-6-4-2/h2*1-5,7H;1-2H,5-6H2. The molecule has 108 valence electrons. The summed E-state index contributed by atoms with van der Waals surface area (Å²) in [5, 5.41) is 17.3. The summed E-state index contributed by atoms with van der Waals surface area (Å²) in [5.41, 5.74) is 0. The Morgan fingerprint density at radius 3 is 1.24 bits per heavy atom. The van der Waals surface area contributed by atoms with Gasteiger partial charge in [0.05, 0.1) is 0 Å². The predicted octanol–water partition coefficient (Wildman–Crippen LogP) is 3.05. The molecule has 0 saturated heterocycles. The number of hydrogen-bond acceptors (Lipinski definition) is 3. The zero-order valence-electron chi connectivity index (χ0n) is 11.6. The normalized spacial score (nSPS) is 7.90. The Morgan fingerprint density at radius 2 is 1.05 bits per heavy atom. The molecule has 3 heteroatoms. The fourth-order valence-corrected chi connectivity index (χ4v) is 1.02. The number of rotatable bonds is 2. The lowest BCUT2D eigenvalue weighted by Gasteiger charge is -1.86. The summed E-state index contributed by atoms with van der Waals surface area (Å²) in [6.07, 6.45) is 9.65. The van der Waals surface area contributed by atoms with Crippen LogP contribution in [-0.2, 0) is 4.74 Å². The van der Waals surface area contributed by atoms with Gasteiger partial charge in [-0.15, -0.1) is 12.8 Å². The molecule has 0 atom stereocenters.